The zero-order chi connectivity index (χ0) is 18.3. The normalized spacial score (nSPS) is 20.5. The van der Waals surface area contributed by atoms with Crippen molar-refractivity contribution < 1.29 is 14.4 Å². The Labute approximate surface area is 152 Å². The van der Waals surface area contributed by atoms with Crippen molar-refractivity contribution in [2.24, 2.45) is 0 Å². The van der Waals surface area contributed by atoms with Crippen LogP contribution in [0.25, 0.3) is 0 Å². The molecule has 1 atom stereocenters. The van der Waals surface area contributed by atoms with E-state index in [1.54, 1.807) is 0 Å². The van der Waals surface area contributed by atoms with Crippen molar-refractivity contribution in [2.45, 2.75) is 38.8 Å². The average Bonchev–Trinajstić information content (AvgIpc) is 3.24. The summed E-state index contributed by atoms with van der Waals surface area (Å²) >= 11 is 0. The molecule has 2 aromatic rings. The minimum absolute atomic E-state index is 0.291. The number of nitrogens with zero attached hydrogens (tertiary/aromatic N) is 5. The minimum Gasteiger partial charge on any atom is -0.389 e. The fourth-order valence-corrected chi connectivity index (χ4v) is 3.42. The summed E-state index contributed by atoms with van der Waals surface area (Å²) in [6.07, 6.45) is 0.687. The predicted octanol–water partition coefficient (Wildman–Crippen LogP) is 1.40. The van der Waals surface area contributed by atoms with Crippen molar-refractivity contribution in [3.8, 4) is 0 Å². The number of anilines is 2. The second-order valence-corrected chi connectivity index (χ2v) is 7.23. The molecule has 8 heteroatoms. The molecule has 26 heavy (non-hydrogen) atoms. The van der Waals surface area contributed by atoms with Crippen LogP contribution in [0.15, 0.2) is 10.6 Å². The lowest BCUT2D eigenvalue weighted by molar-refractivity contribution is 0.140. The first-order chi connectivity index (χ1) is 12.5. The quantitative estimate of drug-likeness (QED) is 0.857. The van der Waals surface area contributed by atoms with Crippen LogP contribution in [-0.2, 0) is 11.3 Å². The lowest BCUT2D eigenvalue weighted by Gasteiger charge is -2.36. The molecule has 8 nitrogen and oxygen atoms in total. The molecular weight excluding hydrogens is 334 g/mol. The van der Waals surface area contributed by atoms with Gasteiger partial charge in [-0.2, -0.15) is 4.98 Å². The molecule has 0 bridgehead atoms. The first-order valence-electron chi connectivity index (χ1n) is 9.04. The first kappa shape index (κ1) is 17.2. The fourth-order valence-electron chi connectivity index (χ4n) is 3.42. The molecule has 2 aliphatic rings. The molecule has 140 valence electrons. The lowest BCUT2D eigenvalue weighted by Crippen LogP contribution is -2.51. The Bertz CT molecular complexity index is 762. The highest BCUT2D eigenvalue weighted by atomic mass is 16.5. The summed E-state index contributed by atoms with van der Waals surface area (Å²) < 4.78 is 10.8. The standard InChI is InChI=1S/C18H25N5O3/c1-11-15(12(2)26-21-11)9-22(3)17-6-16(13-4-5-25-10-13)19-18(20-17)23-7-14(24)8-23/h6,13-14,24H,4-5,7-10H2,1-3H3/t13-/m0/s1. The Morgan fingerprint density at radius 3 is 2.73 bits per heavy atom. The Hall–Kier alpha value is -2.19. The van der Waals surface area contributed by atoms with Gasteiger partial charge in [-0.1, -0.05) is 5.16 Å². The summed E-state index contributed by atoms with van der Waals surface area (Å²) in [5.41, 5.74) is 2.99. The Morgan fingerprint density at radius 2 is 2.12 bits per heavy atom. The summed E-state index contributed by atoms with van der Waals surface area (Å²) in [7, 11) is 2.01. The van der Waals surface area contributed by atoms with E-state index in [1.165, 1.54) is 0 Å². The Kier molecular flexibility index (Phi) is 4.54. The second kappa shape index (κ2) is 6.85. The van der Waals surface area contributed by atoms with Crippen molar-refractivity contribution >= 4 is 11.8 Å². The lowest BCUT2D eigenvalue weighted by atomic mass is 10.0. The minimum atomic E-state index is -0.291. The number of β-amino-alcohol motifs (C(OH)–C–C–N with tert-alkyl or cyclic N) is 1. The van der Waals surface area contributed by atoms with Crippen LogP contribution in [0.3, 0.4) is 0 Å². The molecule has 0 spiro atoms. The number of aliphatic hydroxyl groups excluding tert-OH is 1. The van der Waals surface area contributed by atoms with Crippen molar-refractivity contribution in [3.63, 3.8) is 0 Å². The maximum Gasteiger partial charge on any atom is 0.227 e. The molecule has 0 aliphatic carbocycles. The van der Waals surface area contributed by atoms with Gasteiger partial charge in [-0.3, -0.25) is 0 Å². The molecule has 0 amide bonds. The van der Waals surface area contributed by atoms with Gasteiger partial charge < -0.3 is 24.2 Å². The van der Waals surface area contributed by atoms with Crippen molar-refractivity contribution in [1.82, 2.24) is 15.1 Å². The smallest absolute Gasteiger partial charge is 0.227 e. The van der Waals surface area contributed by atoms with E-state index in [2.05, 4.69) is 16.1 Å². The van der Waals surface area contributed by atoms with E-state index in [-0.39, 0.29) is 6.10 Å². The number of ether oxygens (including phenoxy) is 1. The number of rotatable bonds is 5. The van der Waals surface area contributed by atoms with Crippen LogP contribution in [0.2, 0.25) is 0 Å². The average molecular weight is 359 g/mol. The summed E-state index contributed by atoms with van der Waals surface area (Å²) in [4.78, 5) is 13.6. The van der Waals surface area contributed by atoms with Gasteiger partial charge >= 0.3 is 0 Å². The van der Waals surface area contributed by atoms with Crippen LogP contribution >= 0.6 is 0 Å². The number of hydrogen-bond donors (Lipinski definition) is 1. The highest BCUT2D eigenvalue weighted by Crippen LogP contribution is 2.29. The van der Waals surface area contributed by atoms with E-state index < -0.39 is 0 Å². The maximum atomic E-state index is 9.63. The molecule has 0 radical (unpaired) electrons. The van der Waals surface area contributed by atoms with Crippen LogP contribution in [0, 0.1) is 13.8 Å². The fraction of sp³-hybridized carbons (Fsp3) is 0.611. The molecule has 1 N–H and O–H groups in total. The van der Waals surface area contributed by atoms with Gasteiger partial charge in [0.2, 0.25) is 5.95 Å². The van der Waals surface area contributed by atoms with Crippen LogP contribution in [-0.4, -0.2) is 59.7 Å². The van der Waals surface area contributed by atoms with Gasteiger partial charge in [0.05, 0.1) is 24.1 Å². The zero-order valence-corrected chi connectivity index (χ0v) is 15.5. The van der Waals surface area contributed by atoms with Crippen LogP contribution < -0.4 is 9.80 Å². The van der Waals surface area contributed by atoms with Gasteiger partial charge in [-0.05, 0) is 20.3 Å². The van der Waals surface area contributed by atoms with Crippen LogP contribution in [0.5, 0.6) is 0 Å². The number of aliphatic hydroxyl groups is 1. The third-order valence-corrected chi connectivity index (χ3v) is 5.18. The molecular formula is C18H25N5O3. The van der Waals surface area contributed by atoms with E-state index >= 15 is 0 Å². The topological polar surface area (TPSA) is 87.8 Å². The van der Waals surface area contributed by atoms with Gasteiger partial charge in [0.25, 0.3) is 0 Å². The molecule has 4 rings (SSSR count). The summed E-state index contributed by atoms with van der Waals surface area (Å²) in [5.74, 6) is 2.67. The largest absolute Gasteiger partial charge is 0.389 e. The summed E-state index contributed by atoms with van der Waals surface area (Å²) in [6.45, 7) is 7.18. The van der Waals surface area contributed by atoms with Crippen molar-refractivity contribution in [3.05, 3.63) is 28.8 Å². The highest BCUT2D eigenvalue weighted by molar-refractivity contribution is 5.48. The van der Waals surface area contributed by atoms with Gasteiger partial charge in [-0.15, -0.1) is 0 Å². The molecule has 0 aromatic carbocycles. The second-order valence-electron chi connectivity index (χ2n) is 7.23. The third-order valence-electron chi connectivity index (χ3n) is 5.18. The predicted molar refractivity (Wildman–Crippen MR) is 96.5 cm³/mol. The molecule has 0 unspecified atom stereocenters. The van der Waals surface area contributed by atoms with Gasteiger partial charge in [0.1, 0.15) is 11.6 Å². The van der Waals surface area contributed by atoms with Gasteiger partial charge in [0, 0.05) is 50.8 Å². The molecule has 2 saturated heterocycles. The van der Waals surface area contributed by atoms with Gasteiger partial charge in [-0.25, -0.2) is 4.98 Å². The number of aromatic nitrogens is 3. The van der Waals surface area contributed by atoms with Crippen molar-refractivity contribution in [2.75, 3.05) is 43.2 Å². The molecule has 2 aliphatic heterocycles. The maximum absolute atomic E-state index is 9.63. The summed E-state index contributed by atoms with van der Waals surface area (Å²) in [5, 5.41) is 13.7. The number of aryl methyl sites for hydroxylation is 2. The Balaban J connectivity index is 1.63. The molecule has 4 heterocycles. The zero-order valence-electron chi connectivity index (χ0n) is 15.5. The molecule has 0 saturated carbocycles. The van der Waals surface area contributed by atoms with E-state index in [9.17, 15) is 5.11 Å². The van der Waals surface area contributed by atoms with Gasteiger partial charge in [0.15, 0.2) is 0 Å². The van der Waals surface area contributed by atoms with Crippen LogP contribution in [0.1, 0.15) is 35.1 Å². The molecule has 2 fully saturated rings. The molecule has 2 aromatic heterocycles. The van der Waals surface area contributed by atoms with Crippen LogP contribution in [0.4, 0.5) is 11.8 Å². The monoisotopic (exact) mass is 359 g/mol. The Morgan fingerprint density at radius 1 is 1.31 bits per heavy atom. The first-order valence-corrected chi connectivity index (χ1v) is 9.04. The van der Waals surface area contributed by atoms with E-state index in [4.69, 9.17) is 19.2 Å². The van der Waals surface area contributed by atoms with Crippen molar-refractivity contribution in [1.29, 1.82) is 0 Å². The van der Waals surface area contributed by atoms with E-state index in [0.717, 1.165) is 41.6 Å². The highest BCUT2D eigenvalue weighted by Gasteiger charge is 2.29. The third kappa shape index (κ3) is 3.26. The van der Waals surface area contributed by atoms with E-state index in [0.29, 0.717) is 38.1 Å². The SMILES string of the molecule is Cc1noc(C)c1CN(C)c1cc([C@H]2CCOC2)nc(N2CC(O)C2)n1. The number of hydrogen-bond acceptors (Lipinski definition) is 8. The van der Waals surface area contributed by atoms with E-state index in [1.807, 2.05) is 25.8 Å². The summed E-state index contributed by atoms with van der Waals surface area (Å²) in [6, 6.07) is 2.05.